The highest BCUT2D eigenvalue weighted by molar-refractivity contribution is 7.14. The van der Waals surface area contributed by atoms with Gasteiger partial charge in [-0.05, 0) is 19.1 Å². The number of amides is 1. The van der Waals surface area contributed by atoms with Crippen molar-refractivity contribution < 1.29 is 14.3 Å². The maximum Gasteiger partial charge on any atom is 0.264 e. The minimum atomic E-state index is -0.394. The van der Waals surface area contributed by atoms with E-state index in [1.54, 1.807) is 14.0 Å². The van der Waals surface area contributed by atoms with Crippen LogP contribution in [0.1, 0.15) is 5.69 Å². The van der Waals surface area contributed by atoms with Gasteiger partial charge in [-0.1, -0.05) is 0 Å². The lowest BCUT2D eigenvalue weighted by Crippen LogP contribution is -2.22. The third-order valence-electron chi connectivity index (χ3n) is 4.30. The normalized spacial score (nSPS) is 10.8. The number of fused-ring (bicyclic) bond motifs is 1. The summed E-state index contributed by atoms with van der Waals surface area (Å²) in [5.41, 5.74) is 3.06. The molecule has 4 aromatic rings. The van der Waals surface area contributed by atoms with Crippen LogP contribution >= 0.6 is 11.3 Å². The van der Waals surface area contributed by atoms with Crippen molar-refractivity contribution in [2.75, 3.05) is 19.0 Å². The van der Waals surface area contributed by atoms with Gasteiger partial charge >= 0.3 is 0 Å². The summed E-state index contributed by atoms with van der Waals surface area (Å²) >= 11 is 1.31. The maximum absolute atomic E-state index is 12.1. The Labute approximate surface area is 169 Å². The summed E-state index contributed by atoms with van der Waals surface area (Å²) in [4.78, 5) is 34.5. The second-order valence-electron chi connectivity index (χ2n) is 6.33. The van der Waals surface area contributed by atoms with E-state index in [9.17, 15) is 9.59 Å². The number of aryl methyl sites for hydroxylation is 1. The predicted molar refractivity (Wildman–Crippen MR) is 112 cm³/mol. The zero-order valence-electron chi connectivity index (χ0n) is 15.7. The first-order valence-corrected chi connectivity index (χ1v) is 9.64. The summed E-state index contributed by atoms with van der Waals surface area (Å²) < 4.78 is 10.5. The number of methoxy groups -OCH3 is 1. The Morgan fingerprint density at radius 2 is 2.10 bits per heavy atom. The second-order valence-corrected chi connectivity index (χ2v) is 7.19. The largest absolute Gasteiger partial charge is 0.497 e. The first kappa shape index (κ1) is 18.8. The van der Waals surface area contributed by atoms with Crippen molar-refractivity contribution in [3.8, 4) is 22.8 Å². The summed E-state index contributed by atoms with van der Waals surface area (Å²) in [6, 6.07) is 7.18. The minimum Gasteiger partial charge on any atom is -0.497 e. The van der Waals surface area contributed by atoms with Crippen molar-refractivity contribution in [2.24, 2.45) is 0 Å². The smallest absolute Gasteiger partial charge is 0.264 e. The van der Waals surface area contributed by atoms with E-state index in [0.717, 1.165) is 33.6 Å². The van der Waals surface area contributed by atoms with Gasteiger partial charge in [-0.3, -0.25) is 14.9 Å². The number of hydrogen-bond acceptors (Lipinski definition) is 6. The van der Waals surface area contributed by atoms with Crippen molar-refractivity contribution in [2.45, 2.75) is 6.92 Å². The van der Waals surface area contributed by atoms with E-state index in [1.807, 2.05) is 29.8 Å². The number of aromatic amines is 2. The van der Waals surface area contributed by atoms with Gasteiger partial charge in [0, 0.05) is 52.1 Å². The van der Waals surface area contributed by atoms with Crippen molar-refractivity contribution >= 4 is 33.3 Å². The molecule has 3 N–H and O–H groups in total. The van der Waals surface area contributed by atoms with E-state index >= 15 is 0 Å². The molecule has 0 saturated carbocycles. The van der Waals surface area contributed by atoms with Crippen LogP contribution in [0, 0.1) is 6.92 Å². The molecular weight excluding hydrogens is 392 g/mol. The molecule has 0 spiro atoms. The van der Waals surface area contributed by atoms with Crippen LogP contribution in [0.3, 0.4) is 0 Å². The summed E-state index contributed by atoms with van der Waals surface area (Å²) in [7, 11) is 1.62. The number of rotatable bonds is 6. The summed E-state index contributed by atoms with van der Waals surface area (Å²) in [6.45, 7) is 1.48. The zero-order chi connectivity index (χ0) is 20.4. The van der Waals surface area contributed by atoms with Crippen LogP contribution in [0.25, 0.3) is 22.2 Å². The van der Waals surface area contributed by atoms with Crippen molar-refractivity contribution in [3.05, 3.63) is 58.0 Å². The molecule has 148 valence electrons. The lowest BCUT2D eigenvalue weighted by molar-refractivity contribution is -0.118. The summed E-state index contributed by atoms with van der Waals surface area (Å²) in [6.07, 6.45) is 3.32. The summed E-state index contributed by atoms with van der Waals surface area (Å²) in [5, 5.41) is 6.02. The predicted octanol–water partition coefficient (Wildman–Crippen LogP) is 3.31. The number of H-pyrrole nitrogens is 2. The third-order valence-corrected chi connectivity index (χ3v) is 5.05. The van der Waals surface area contributed by atoms with Crippen LogP contribution in [-0.2, 0) is 4.79 Å². The van der Waals surface area contributed by atoms with Gasteiger partial charge in [0.15, 0.2) is 17.5 Å². The fourth-order valence-electron chi connectivity index (χ4n) is 2.87. The van der Waals surface area contributed by atoms with Crippen LogP contribution in [0.4, 0.5) is 5.13 Å². The fraction of sp³-hybridized carbons (Fsp3) is 0.150. The Morgan fingerprint density at radius 3 is 2.90 bits per heavy atom. The SMILES string of the molecule is COc1ccc2c(-c3csc(NC(=O)COc4c[nH]c(C)cc4=O)n3)c[nH]c2c1. The number of benzene rings is 1. The van der Waals surface area contributed by atoms with E-state index in [-0.39, 0.29) is 17.8 Å². The molecule has 0 aliphatic rings. The molecule has 0 saturated heterocycles. The highest BCUT2D eigenvalue weighted by Gasteiger charge is 2.13. The van der Waals surface area contributed by atoms with Crippen LogP contribution in [0.2, 0.25) is 0 Å². The Hall–Kier alpha value is -3.59. The quantitative estimate of drug-likeness (QED) is 0.452. The van der Waals surface area contributed by atoms with E-state index in [1.165, 1.54) is 23.6 Å². The first-order valence-electron chi connectivity index (χ1n) is 8.76. The Balaban J connectivity index is 1.44. The number of thiazole rings is 1. The molecule has 3 aromatic heterocycles. The maximum atomic E-state index is 12.1. The van der Waals surface area contributed by atoms with Crippen LogP contribution in [0.5, 0.6) is 11.5 Å². The van der Waals surface area contributed by atoms with E-state index in [4.69, 9.17) is 9.47 Å². The zero-order valence-corrected chi connectivity index (χ0v) is 16.6. The Kier molecular flexibility index (Phi) is 5.05. The molecule has 1 amide bonds. The highest BCUT2D eigenvalue weighted by atomic mass is 32.1. The fourth-order valence-corrected chi connectivity index (χ4v) is 3.60. The van der Waals surface area contributed by atoms with Crippen LogP contribution in [-0.4, -0.2) is 34.6 Å². The van der Waals surface area contributed by atoms with Crippen molar-refractivity contribution in [1.29, 1.82) is 0 Å². The molecule has 4 rings (SSSR count). The molecule has 0 atom stereocenters. The van der Waals surface area contributed by atoms with E-state index in [2.05, 4.69) is 20.3 Å². The van der Waals surface area contributed by atoms with E-state index in [0.29, 0.717) is 5.13 Å². The lowest BCUT2D eigenvalue weighted by Gasteiger charge is -2.05. The van der Waals surface area contributed by atoms with Crippen LogP contribution in [0.15, 0.2) is 46.8 Å². The molecule has 0 aliphatic carbocycles. The average Bonchev–Trinajstić information content (AvgIpc) is 3.33. The van der Waals surface area contributed by atoms with Gasteiger partial charge in [0.2, 0.25) is 5.43 Å². The number of hydrogen-bond donors (Lipinski definition) is 3. The van der Waals surface area contributed by atoms with Gasteiger partial charge in [-0.25, -0.2) is 4.98 Å². The van der Waals surface area contributed by atoms with Gasteiger partial charge in [0.05, 0.1) is 12.8 Å². The second kappa shape index (κ2) is 7.80. The third kappa shape index (κ3) is 3.99. The number of carbonyl (C=O) groups excluding carboxylic acids is 1. The molecule has 1 aromatic carbocycles. The van der Waals surface area contributed by atoms with Crippen LogP contribution < -0.4 is 20.2 Å². The van der Waals surface area contributed by atoms with Gasteiger partial charge in [0.25, 0.3) is 5.91 Å². The molecule has 29 heavy (non-hydrogen) atoms. The number of ether oxygens (including phenoxy) is 2. The molecule has 9 heteroatoms. The molecular formula is C20H18N4O4S. The van der Waals surface area contributed by atoms with Crippen molar-refractivity contribution in [3.63, 3.8) is 0 Å². The minimum absolute atomic E-state index is 0.0970. The van der Waals surface area contributed by atoms with E-state index < -0.39 is 5.91 Å². The number of pyridine rings is 1. The van der Waals surface area contributed by atoms with Gasteiger partial charge in [-0.15, -0.1) is 11.3 Å². The molecule has 3 heterocycles. The van der Waals surface area contributed by atoms with Gasteiger partial charge in [-0.2, -0.15) is 0 Å². The highest BCUT2D eigenvalue weighted by Crippen LogP contribution is 2.32. The number of carbonyl (C=O) groups is 1. The molecule has 0 unspecified atom stereocenters. The monoisotopic (exact) mass is 410 g/mol. The number of aromatic nitrogens is 3. The topological polar surface area (TPSA) is 109 Å². The molecule has 0 fully saturated rings. The Morgan fingerprint density at radius 1 is 1.24 bits per heavy atom. The molecule has 0 aliphatic heterocycles. The summed E-state index contributed by atoms with van der Waals surface area (Å²) in [5.74, 6) is 0.471. The lowest BCUT2D eigenvalue weighted by atomic mass is 10.1. The number of nitrogens with zero attached hydrogens (tertiary/aromatic N) is 1. The standard InChI is InChI=1S/C20H18N4O4S/c1-11-5-17(25)18(8-21-11)28-9-19(26)24-20-23-16(10-29-20)14-7-22-15-6-12(27-2)3-4-13(14)15/h3-8,10,22H,9H2,1-2H3,(H,21,25)(H,23,24,26). The Bertz CT molecular complexity index is 1240. The van der Waals surface area contributed by atoms with Gasteiger partial charge in [0.1, 0.15) is 5.75 Å². The van der Waals surface area contributed by atoms with Gasteiger partial charge < -0.3 is 19.4 Å². The number of anilines is 1. The molecule has 0 radical (unpaired) electrons. The molecule has 8 nitrogen and oxygen atoms in total. The number of nitrogens with one attached hydrogen (secondary N) is 3. The average molecular weight is 410 g/mol. The van der Waals surface area contributed by atoms with Crippen molar-refractivity contribution in [1.82, 2.24) is 15.0 Å². The first-order chi connectivity index (χ1) is 14.0. The molecule has 0 bridgehead atoms.